The van der Waals surface area contributed by atoms with Gasteiger partial charge in [0, 0.05) is 13.7 Å². The van der Waals surface area contributed by atoms with Crippen molar-refractivity contribution in [3.05, 3.63) is 0 Å². The van der Waals surface area contributed by atoms with Gasteiger partial charge in [-0.05, 0) is 38.7 Å². The molecule has 0 heterocycles. The maximum atomic E-state index is 6.77. The summed E-state index contributed by atoms with van der Waals surface area (Å²) in [7, 11) is -2.77. The molecule has 0 N–H and O–H groups in total. The first-order valence-corrected chi connectivity index (χ1v) is 25.4. The van der Waals surface area contributed by atoms with Crippen molar-refractivity contribution in [3.8, 4) is 0 Å². The highest BCUT2D eigenvalue weighted by Gasteiger charge is 2.42. The van der Waals surface area contributed by atoms with Gasteiger partial charge in [-0.2, -0.15) is 0 Å². The van der Waals surface area contributed by atoms with Gasteiger partial charge in [-0.1, -0.05) is 19.6 Å². The Morgan fingerprint density at radius 3 is 0.925 bits per heavy atom. The summed E-state index contributed by atoms with van der Waals surface area (Å²) in [6, 6.07) is 1.15. The van der Waals surface area contributed by atoms with Gasteiger partial charge in [0.1, 0.15) is 0 Å². The molecule has 0 aliphatic rings. The fraction of sp³-hybridized carbons (Fsp3) is 1.00. The maximum Gasteiger partial charge on any atom is 0.173 e. The summed E-state index contributed by atoms with van der Waals surface area (Å²) >= 11 is 0. The Hall–Kier alpha value is 0.251. The van der Waals surface area contributed by atoms with E-state index >= 15 is 0 Å². The molecule has 40 heavy (non-hydrogen) atoms. The van der Waals surface area contributed by atoms with Crippen LogP contribution in [0.4, 0.5) is 0 Å². The van der Waals surface area contributed by atoms with E-state index in [9.17, 15) is 0 Å². The van der Waals surface area contributed by atoms with Crippen LogP contribution in [-0.4, -0.2) is 143 Å². The van der Waals surface area contributed by atoms with E-state index in [1.54, 1.807) is 7.11 Å². The molecule has 0 bridgehead atoms. The molecule has 0 radical (unpaired) electrons. The van der Waals surface area contributed by atoms with Crippen LogP contribution >= 0.6 is 0 Å². The quantitative estimate of drug-likeness (QED) is 0.0827. The van der Waals surface area contributed by atoms with Crippen molar-refractivity contribution >= 4 is 23.7 Å². The third-order valence-corrected chi connectivity index (χ3v) is 27.6. The van der Waals surface area contributed by atoms with Crippen LogP contribution in [0.5, 0.6) is 0 Å². The predicted octanol–water partition coefficient (Wildman–Crippen LogP) is 4.00. The minimum atomic E-state index is -1.63. The second-order valence-corrected chi connectivity index (χ2v) is 32.1. The molecule has 0 aromatic carbocycles. The largest absolute Gasteiger partial charge is 0.458 e. The summed E-state index contributed by atoms with van der Waals surface area (Å²) in [4.78, 5) is 0. The van der Waals surface area contributed by atoms with Gasteiger partial charge >= 0.3 is 0 Å². The summed E-state index contributed by atoms with van der Waals surface area (Å²) in [5, 5.41) is 0. The summed E-state index contributed by atoms with van der Waals surface area (Å²) in [6.07, 6.45) is 1.06. The van der Waals surface area contributed by atoms with Gasteiger partial charge in [-0.15, -0.1) is 0 Å². The highest BCUT2D eigenvalue weighted by Crippen LogP contribution is 2.26. The molecular weight excluding hydrogens is 569 g/mol. The summed E-state index contributed by atoms with van der Waals surface area (Å²) in [6.45, 7) is 26.5. The lowest BCUT2D eigenvalue weighted by Gasteiger charge is -2.41. The molecule has 0 aliphatic carbocycles. The van der Waals surface area contributed by atoms with Crippen LogP contribution in [0.3, 0.4) is 0 Å². The van der Waals surface area contributed by atoms with Gasteiger partial charge in [-0.25, -0.2) is 0 Å². The molecule has 242 valence electrons. The fourth-order valence-electron chi connectivity index (χ4n) is 3.28. The normalized spacial score (nSPS) is 12.9. The minimum Gasteiger partial charge on any atom is -0.458 e. The van der Waals surface area contributed by atoms with E-state index in [4.69, 9.17) is 46.7 Å². The highest BCUT2D eigenvalue weighted by molar-refractivity contribution is 7.38. The third-order valence-electron chi connectivity index (χ3n) is 6.44. The number of rotatable bonds is 31. The smallest absolute Gasteiger partial charge is 0.173 e. The molecule has 0 fully saturated rings. The fourth-order valence-corrected chi connectivity index (χ4v) is 16.7. The van der Waals surface area contributed by atoms with Gasteiger partial charge < -0.3 is 46.7 Å². The Balaban J connectivity index is 3.28. The van der Waals surface area contributed by atoms with E-state index in [1.165, 1.54) is 0 Å². The molecule has 0 aliphatic heterocycles. The number of methoxy groups -OCH3 is 1. The van der Waals surface area contributed by atoms with Gasteiger partial charge in [-0.3, -0.25) is 0 Å². The lowest BCUT2D eigenvalue weighted by Crippen LogP contribution is -2.59. The zero-order valence-electron chi connectivity index (χ0n) is 27.0. The molecular formula is C27H62O10Si3. The summed E-state index contributed by atoms with van der Waals surface area (Å²) in [5.74, 6) is 0. The van der Waals surface area contributed by atoms with Gasteiger partial charge in [0.15, 0.2) is 16.2 Å². The van der Waals surface area contributed by atoms with Crippen LogP contribution in [0, 0.1) is 0 Å². The van der Waals surface area contributed by atoms with E-state index in [-0.39, 0.29) is 0 Å². The van der Waals surface area contributed by atoms with Crippen molar-refractivity contribution in [2.75, 3.05) is 119 Å². The van der Waals surface area contributed by atoms with Gasteiger partial charge in [0.2, 0.25) is 0 Å². The Bertz CT molecular complexity index is 551. The molecule has 0 atom stereocenters. The van der Waals surface area contributed by atoms with Crippen LogP contribution in [-0.2, 0) is 46.7 Å². The first kappa shape index (κ1) is 40.3. The molecule has 0 unspecified atom stereocenters. The molecule has 0 aromatic rings. The van der Waals surface area contributed by atoms with Crippen LogP contribution in [0.2, 0.25) is 51.9 Å². The molecule has 0 spiro atoms. The van der Waals surface area contributed by atoms with E-state index < -0.39 is 23.7 Å². The topological polar surface area (TPSA) is 92.3 Å². The second kappa shape index (κ2) is 25.7. The van der Waals surface area contributed by atoms with E-state index in [1.807, 2.05) is 0 Å². The average molecular weight is 631 g/mol. The number of hydrogen-bond acceptors (Lipinski definition) is 10. The summed E-state index contributed by atoms with van der Waals surface area (Å²) < 4.78 is 55.6. The Labute approximate surface area is 248 Å². The van der Waals surface area contributed by atoms with Crippen molar-refractivity contribution in [2.24, 2.45) is 0 Å². The Morgan fingerprint density at radius 2 is 0.650 bits per heavy atom. The van der Waals surface area contributed by atoms with Gasteiger partial charge in [0.25, 0.3) is 0 Å². The monoisotopic (exact) mass is 630 g/mol. The number of hydrogen-bond donors (Lipinski definition) is 0. The zero-order chi connectivity index (χ0) is 30.0. The SMILES string of the molecule is COCCOCCOCCOCCOCCOCCOCCOCCOCCC[Si](C)(C)O[Si](C)(C)[Si](C)(C)C. The first-order chi connectivity index (χ1) is 19.0. The molecule has 0 saturated carbocycles. The minimum absolute atomic E-state index is 0.534. The summed E-state index contributed by atoms with van der Waals surface area (Å²) in [5.41, 5.74) is 0. The lowest BCUT2D eigenvalue weighted by atomic mass is 10.5. The molecule has 0 saturated heterocycles. The maximum absolute atomic E-state index is 6.77. The van der Waals surface area contributed by atoms with Gasteiger partial charge in [0.05, 0.1) is 113 Å². The average Bonchev–Trinajstić information content (AvgIpc) is 2.87. The van der Waals surface area contributed by atoms with Crippen LogP contribution in [0.25, 0.3) is 0 Å². The Morgan fingerprint density at radius 1 is 0.375 bits per heavy atom. The van der Waals surface area contributed by atoms with E-state index in [0.29, 0.717) is 106 Å². The highest BCUT2D eigenvalue weighted by atomic mass is 29.3. The molecule has 0 amide bonds. The first-order valence-electron chi connectivity index (χ1n) is 14.8. The Kier molecular flexibility index (Phi) is 25.9. The molecule has 10 nitrogen and oxygen atoms in total. The van der Waals surface area contributed by atoms with Crippen LogP contribution < -0.4 is 0 Å². The predicted molar refractivity (Wildman–Crippen MR) is 167 cm³/mol. The zero-order valence-corrected chi connectivity index (χ0v) is 30.0. The van der Waals surface area contributed by atoms with Crippen LogP contribution in [0.15, 0.2) is 0 Å². The third kappa shape index (κ3) is 25.9. The molecule has 0 rings (SSSR count). The lowest BCUT2D eigenvalue weighted by molar-refractivity contribution is -0.0242. The second-order valence-electron chi connectivity index (χ2n) is 11.6. The van der Waals surface area contributed by atoms with E-state index in [2.05, 4.69) is 45.8 Å². The van der Waals surface area contributed by atoms with Crippen molar-refractivity contribution < 1.29 is 46.7 Å². The van der Waals surface area contributed by atoms with Crippen molar-refractivity contribution in [1.82, 2.24) is 0 Å². The van der Waals surface area contributed by atoms with Crippen molar-refractivity contribution in [2.45, 2.75) is 58.3 Å². The number of ether oxygens (including phenoxy) is 9. The molecule has 0 aromatic heterocycles. The van der Waals surface area contributed by atoms with Crippen molar-refractivity contribution in [1.29, 1.82) is 0 Å². The van der Waals surface area contributed by atoms with Crippen molar-refractivity contribution in [3.63, 3.8) is 0 Å². The van der Waals surface area contributed by atoms with E-state index in [0.717, 1.165) is 19.1 Å². The standard InChI is InChI=1S/C27H62O10Si3/c1-28-11-12-30-15-16-32-19-20-34-23-24-36-26-25-35-22-21-33-18-17-31-14-13-29-10-9-27-39(5,6)37-40(7,8)38(2,3)4/h9-27H2,1-8H3. The van der Waals surface area contributed by atoms with Crippen LogP contribution in [0.1, 0.15) is 6.42 Å². The molecule has 13 heteroatoms.